The molecule has 0 bridgehead atoms. The molecule has 0 saturated heterocycles. The number of carboxylic acids is 3. The minimum Gasteiger partial charge on any atom is -0.549 e. The van der Waals surface area contributed by atoms with Crippen molar-refractivity contribution in [3.8, 4) is 0 Å². The molecule has 0 aromatic heterocycles. The van der Waals surface area contributed by atoms with E-state index in [0.29, 0.717) is 4.90 Å². The largest absolute Gasteiger partial charge is 3.00 e. The van der Waals surface area contributed by atoms with Gasteiger partial charge in [-0.1, -0.05) is 0 Å². The second-order valence-corrected chi connectivity index (χ2v) is 2.26. The summed E-state index contributed by atoms with van der Waals surface area (Å²) in [5, 5.41) is 30.0. The molecule has 0 fully saturated rings. The van der Waals surface area contributed by atoms with Crippen LogP contribution < -0.4 is 15.3 Å². The van der Waals surface area contributed by atoms with Crippen molar-refractivity contribution in [2.24, 2.45) is 0 Å². The van der Waals surface area contributed by atoms with Crippen LogP contribution in [0.15, 0.2) is 0 Å². The first kappa shape index (κ1) is 15.4. The number of carbonyl (C=O) groups is 3. The number of carbonyl (C=O) groups excluding carboxylic acids is 3. The first-order valence-corrected chi connectivity index (χ1v) is 3.23. The van der Waals surface area contributed by atoms with Gasteiger partial charge in [0.2, 0.25) is 0 Å². The fourth-order valence-corrected chi connectivity index (χ4v) is 0.715. The van der Waals surface area contributed by atoms with Crippen molar-refractivity contribution in [3.63, 3.8) is 0 Å². The zero-order chi connectivity index (χ0) is 10.4. The molecular formula is C6H6CrNO6. The summed E-state index contributed by atoms with van der Waals surface area (Å²) in [7, 11) is 0. The SMILES string of the molecule is O=C([O-])CN(CC(=O)[O-])CC(=O)[O-].[Cr+3]. The predicted octanol–water partition coefficient (Wildman–Crippen LogP) is -5.46. The van der Waals surface area contributed by atoms with E-state index in [1.165, 1.54) is 0 Å². The van der Waals surface area contributed by atoms with Crippen LogP contribution in [0.5, 0.6) is 0 Å². The van der Waals surface area contributed by atoms with E-state index < -0.39 is 37.5 Å². The molecule has 0 aliphatic heterocycles. The molecule has 1 radical (unpaired) electrons. The molecule has 0 saturated carbocycles. The Labute approximate surface area is 90.1 Å². The summed E-state index contributed by atoms with van der Waals surface area (Å²) in [6.45, 7) is -2.37. The molecular weight excluding hydrogens is 234 g/mol. The smallest absolute Gasteiger partial charge is 0.549 e. The Kier molecular flexibility index (Phi) is 8.04. The summed E-state index contributed by atoms with van der Waals surface area (Å²) in [5.74, 6) is -4.70. The number of hydrogen-bond donors (Lipinski definition) is 0. The van der Waals surface area contributed by atoms with Crippen molar-refractivity contribution < 1.29 is 47.1 Å². The summed E-state index contributed by atoms with van der Waals surface area (Å²) in [6, 6.07) is 0. The van der Waals surface area contributed by atoms with Gasteiger partial charge in [0.05, 0.1) is 17.9 Å². The topological polar surface area (TPSA) is 124 Å². The fourth-order valence-electron chi connectivity index (χ4n) is 0.715. The molecule has 0 aliphatic carbocycles. The molecule has 0 heterocycles. The van der Waals surface area contributed by atoms with E-state index in [2.05, 4.69) is 0 Å². The summed E-state index contributed by atoms with van der Waals surface area (Å²) in [6.07, 6.45) is 0. The Bertz CT molecular complexity index is 192. The van der Waals surface area contributed by atoms with Crippen molar-refractivity contribution >= 4 is 17.9 Å². The molecule has 7 nitrogen and oxygen atoms in total. The van der Waals surface area contributed by atoms with Gasteiger partial charge in [-0.2, -0.15) is 0 Å². The third-order valence-corrected chi connectivity index (χ3v) is 1.06. The van der Waals surface area contributed by atoms with E-state index in [1.807, 2.05) is 0 Å². The second-order valence-electron chi connectivity index (χ2n) is 2.26. The van der Waals surface area contributed by atoms with Crippen molar-refractivity contribution in [3.05, 3.63) is 0 Å². The first-order valence-electron chi connectivity index (χ1n) is 3.23. The fraction of sp³-hybridized carbons (Fsp3) is 0.500. The molecule has 0 spiro atoms. The van der Waals surface area contributed by atoms with Gasteiger partial charge < -0.3 is 29.7 Å². The Balaban J connectivity index is 0. The third-order valence-electron chi connectivity index (χ3n) is 1.06. The number of hydrogen-bond acceptors (Lipinski definition) is 7. The minimum atomic E-state index is -1.57. The van der Waals surface area contributed by atoms with Crippen LogP contribution in [0.25, 0.3) is 0 Å². The van der Waals surface area contributed by atoms with Crippen molar-refractivity contribution in [1.29, 1.82) is 0 Å². The van der Waals surface area contributed by atoms with Gasteiger partial charge in [0.15, 0.2) is 0 Å². The summed E-state index contributed by atoms with van der Waals surface area (Å²) in [4.78, 5) is 30.6. The van der Waals surface area contributed by atoms with Crippen LogP contribution >= 0.6 is 0 Å². The molecule has 0 aliphatic rings. The number of aliphatic carboxylic acids is 3. The van der Waals surface area contributed by atoms with E-state index >= 15 is 0 Å². The van der Waals surface area contributed by atoms with E-state index in [-0.39, 0.29) is 17.4 Å². The van der Waals surface area contributed by atoms with Crippen molar-refractivity contribution in [1.82, 2.24) is 4.90 Å². The maximum atomic E-state index is 9.99. The average Bonchev–Trinajstić information content (AvgIpc) is 1.80. The monoisotopic (exact) mass is 240 g/mol. The molecule has 0 aromatic carbocycles. The van der Waals surface area contributed by atoms with Gasteiger partial charge in [-0.15, -0.1) is 0 Å². The van der Waals surface area contributed by atoms with Gasteiger partial charge in [0.25, 0.3) is 0 Å². The Morgan fingerprint density at radius 3 is 1.14 bits per heavy atom. The standard InChI is InChI=1S/C6H9NO6.Cr/c8-4(9)1-7(2-5(10)11)3-6(12)13;/h1-3H2,(H,8,9)(H,10,11)(H,12,13);/q;+3/p-3. The van der Waals surface area contributed by atoms with Gasteiger partial charge in [-0.25, -0.2) is 0 Å². The van der Waals surface area contributed by atoms with E-state index in [0.717, 1.165) is 0 Å². The molecule has 0 unspecified atom stereocenters. The van der Waals surface area contributed by atoms with Crippen LogP contribution in [0.2, 0.25) is 0 Å². The van der Waals surface area contributed by atoms with Gasteiger partial charge in [-0.3, -0.25) is 4.90 Å². The average molecular weight is 240 g/mol. The van der Waals surface area contributed by atoms with Crippen LogP contribution in [0.4, 0.5) is 0 Å². The molecule has 0 atom stereocenters. The summed E-state index contributed by atoms with van der Waals surface area (Å²) in [5.41, 5.74) is 0. The molecule has 0 aromatic rings. The quantitative estimate of drug-likeness (QED) is 0.453. The zero-order valence-corrected chi connectivity index (χ0v) is 8.20. The van der Waals surface area contributed by atoms with Crippen LogP contribution in [-0.2, 0) is 31.7 Å². The number of carboxylic acid groups (broad SMARTS) is 3. The summed E-state index contributed by atoms with van der Waals surface area (Å²) >= 11 is 0. The molecule has 0 rings (SSSR count). The predicted molar refractivity (Wildman–Crippen MR) is 31.5 cm³/mol. The zero-order valence-electron chi connectivity index (χ0n) is 6.93. The number of rotatable bonds is 6. The molecule has 0 amide bonds. The van der Waals surface area contributed by atoms with Gasteiger partial charge in [0, 0.05) is 19.6 Å². The third kappa shape index (κ3) is 8.99. The van der Waals surface area contributed by atoms with E-state index in [4.69, 9.17) is 0 Å². The minimum absolute atomic E-state index is 0. The maximum absolute atomic E-state index is 9.99. The molecule has 77 valence electrons. The van der Waals surface area contributed by atoms with Crippen LogP contribution in [-0.4, -0.2) is 42.4 Å². The Morgan fingerprint density at radius 2 is 1.00 bits per heavy atom. The Hall–Kier alpha value is -1.10. The van der Waals surface area contributed by atoms with Crippen LogP contribution in [0.1, 0.15) is 0 Å². The summed E-state index contributed by atoms with van der Waals surface area (Å²) < 4.78 is 0. The molecule has 14 heavy (non-hydrogen) atoms. The Morgan fingerprint density at radius 1 is 0.786 bits per heavy atom. The van der Waals surface area contributed by atoms with Crippen molar-refractivity contribution in [2.75, 3.05) is 19.6 Å². The molecule has 0 N–H and O–H groups in total. The van der Waals surface area contributed by atoms with Gasteiger partial charge >= 0.3 is 17.4 Å². The maximum Gasteiger partial charge on any atom is 3.00 e. The normalized spacial score (nSPS) is 9.21. The van der Waals surface area contributed by atoms with Gasteiger partial charge in [-0.05, 0) is 0 Å². The van der Waals surface area contributed by atoms with Crippen LogP contribution in [0.3, 0.4) is 0 Å². The number of nitrogens with zero attached hydrogens (tertiary/aromatic N) is 1. The van der Waals surface area contributed by atoms with Crippen LogP contribution in [0, 0.1) is 0 Å². The first-order chi connectivity index (χ1) is 5.91. The van der Waals surface area contributed by atoms with Crippen molar-refractivity contribution in [2.45, 2.75) is 0 Å². The van der Waals surface area contributed by atoms with E-state index in [9.17, 15) is 29.7 Å². The molecule has 8 heteroatoms. The van der Waals surface area contributed by atoms with Gasteiger partial charge in [0.1, 0.15) is 0 Å². The van der Waals surface area contributed by atoms with E-state index in [1.54, 1.807) is 0 Å². The second kappa shape index (κ2) is 7.32.